The second kappa shape index (κ2) is 14.3. The van der Waals surface area contributed by atoms with Crippen LogP contribution in [0.3, 0.4) is 0 Å². The van der Waals surface area contributed by atoms with Gasteiger partial charge in [-0.15, -0.1) is 0 Å². The number of guanidine groups is 1. The van der Waals surface area contributed by atoms with E-state index in [-0.39, 0.29) is 0 Å². The highest BCUT2D eigenvalue weighted by molar-refractivity contribution is 5.79. The standard InChI is InChI=1S/C13H29N3O2/c1-4-6-8-15-13(14-5-2)16-9-7-10-18-12-11-17-3/h4-12H2,1-3H3,(H2,14,15,16). The Labute approximate surface area is 111 Å². The summed E-state index contributed by atoms with van der Waals surface area (Å²) in [4.78, 5) is 4.49. The molecule has 0 aromatic heterocycles. The van der Waals surface area contributed by atoms with Crippen LogP contribution in [0.4, 0.5) is 0 Å². The zero-order valence-electron chi connectivity index (χ0n) is 12.1. The molecule has 0 aliphatic heterocycles. The average molecular weight is 259 g/mol. The number of ether oxygens (including phenoxy) is 2. The first kappa shape index (κ1) is 17.2. The minimum atomic E-state index is 0.657. The molecule has 0 rings (SSSR count). The van der Waals surface area contributed by atoms with Crippen molar-refractivity contribution in [1.29, 1.82) is 0 Å². The van der Waals surface area contributed by atoms with Gasteiger partial charge in [0, 0.05) is 33.4 Å². The molecule has 108 valence electrons. The van der Waals surface area contributed by atoms with Crippen molar-refractivity contribution >= 4 is 5.96 Å². The van der Waals surface area contributed by atoms with E-state index < -0.39 is 0 Å². The molecule has 0 saturated heterocycles. The predicted octanol–water partition coefficient (Wildman–Crippen LogP) is 1.39. The van der Waals surface area contributed by atoms with Crippen LogP contribution in [0.1, 0.15) is 33.1 Å². The largest absolute Gasteiger partial charge is 0.382 e. The molecule has 0 spiro atoms. The van der Waals surface area contributed by atoms with E-state index in [2.05, 4.69) is 29.5 Å². The molecule has 5 heteroatoms. The van der Waals surface area contributed by atoms with Crippen molar-refractivity contribution in [3.8, 4) is 0 Å². The molecule has 0 amide bonds. The molecule has 0 saturated carbocycles. The Morgan fingerprint density at radius 1 is 1.06 bits per heavy atom. The van der Waals surface area contributed by atoms with Crippen LogP contribution in [-0.4, -0.2) is 52.5 Å². The quantitative estimate of drug-likeness (QED) is 0.334. The molecule has 0 aliphatic rings. The zero-order chi connectivity index (χ0) is 13.5. The molecule has 0 fully saturated rings. The highest BCUT2D eigenvalue weighted by Crippen LogP contribution is 1.87. The SMILES string of the molecule is CCCCNC(=NCCCOCCOC)NCC. The van der Waals surface area contributed by atoms with Gasteiger partial charge in [0.1, 0.15) is 0 Å². The van der Waals surface area contributed by atoms with E-state index in [0.717, 1.165) is 38.6 Å². The summed E-state index contributed by atoms with van der Waals surface area (Å²) in [5.41, 5.74) is 0. The van der Waals surface area contributed by atoms with Crippen molar-refractivity contribution in [3.63, 3.8) is 0 Å². The smallest absolute Gasteiger partial charge is 0.191 e. The summed E-state index contributed by atoms with van der Waals surface area (Å²) in [7, 11) is 1.68. The summed E-state index contributed by atoms with van der Waals surface area (Å²) in [5, 5.41) is 6.54. The molecule has 0 radical (unpaired) electrons. The summed E-state index contributed by atoms with van der Waals surface area (Å²) in [6.45, 7) is 8.97. The zero-order valence-corrected chi connectivity index (χ0v) is 12.1. The van der Waals surface area contributed by atoms with Gasteiger partial charge in [0.2, 0.25) is 0 Å². The van der Waals surface area contributed by atoms with E-state index in [9.17, 15) is 0 Å². The van der Waals surface area contributed by atoms with Gasteiger partial charge in [0.25, 0.3) is 0 Å². The van der Waals surface area contributed by atoms with E-state index >= 15 is 0 Å². The van der Waals surface area contributed by atoms with Gasteiger partial charge in [-0.2, -0.15) is 0 Å². The minimum absolute atomic E-state index is 0.657. The van der Waals surface area contributed by atoms with Gasteiger partial charge in [0.15, 0.2) is 5.96 Å². The molecule has 0 unspecified atom stereocenters. The highest BCUT2D eigenvalue weighted by Gasteiger charge is 1.95. The summed E-state index contributed by atoms with van der Waals surface area (Å²) in [5.74, 6) is 0.905. The third-order valence-corrected chi connectivity index (χ3v) is 2.32. The van der Waals surface area contributed by atoms with Crippen LogP contribution in [0.15, 0.2) is 4.99 Å². The number of nitrogens with zero attached hydrogens (tertiary/aromatic N) is 1. The summed E-state index contributed by atoms with van der Waals surface area (Å²) < 4.78 is 10.3. The summed E-state index contributed by atoms with van der Waals surface area (Å²) in [6.07, 6.45) is 3.30. The predicted molar refractivity (Wildman–Crippen MR) is 76.2 cm³/mol. The van der Waals surface area contributed by atoms with Gasteiger partial charge in [-0.25, -0.2) is 0 Å². The number of unbranched alkanes of at least 4 members (excludes halogenated alkanes) is 1. The Morgan fingerprint density at radius 3 is 2.56 bits per heavy atom. The number of rotatable bonds is 11. The monoisotopic (exact) mass is 259 g/mol. The van der Waals surface area contributed by atoms with Crippen molar-refractivity contribution in [1.82, 2.24) is 10.6 Å². The lowest BCUT2D eigenvalue weighted by Gasteiger charge is -2.10. The van der Waals surface area contributed by atoms with Gasteiger partial charge < -0.3 is 20.1 Å². The molecule has 18 heavy (non-hydrogen) atoms. The Balaban J connectivity index is 3.59. The maximum Gasteiger partial charge on any atom is 0.191 e. The first-order valence-electron chi connectivity index (χ1n) is 6.94. The molecule has 0 bridgehead atoms. The van der Waals surface area contributed by atoms with E-state index in [1.807, 2.05) is 0 Å². The fourth-order valence-electron chi connectivity index (χ4n) is 1.33. The molecule has 0 atom stereocenters. The van der Waals surface area contributed by atoms with Crippen LogP contribution in [0.2, 0.25) is 0 Å². The maximum atomic E-state index is 5.38. The van der Waals surface area contributed by atoms with E-state index in [4.69, 9.17) is 9.47 Å². The second-order valence-corrected chi connectivity index (χ2v) is 4.00. The first-order chi connectivity index (χ1) is 8.85. The number of nitrogens with one attached hydrogen (secondary N) is 2. The fraction of sp³-hybridized carbons (Fsp3) is 0.923. The molecule has 0 aliphatic carbocycles. The Hall–Kier alpha value is -0.810. The molecule has 0 heterocycles. The van der Waals surface area contributed by atoms with Crippen LogP contribution >= 0.6 is 0 Å². The Kier molecular flexibility index (Phi) is 13.6. The van der Waals surface area contributed by atoms with Gasteiger partial charge in [-0.05, 0) is 19.8 Å². The lowest BCUT2D eigenvalue weighted by molar-refractivity contribution is 0.0702. The lowest BCUT2D eigenvalue weighted by atomic mass is 10.3. The van der Waals surface area contributed by atoms with Gasteiger partial charge in [-0.1, -0.05) is 13.3 Å². The fourth-order valence-corrected chi connectivity index (χ4v) is 1.33. The van der Waals surface area contributed by atoms with Crippen LogP contribution < -0.4 is 10.6 Å². The molecule has 0 aromatic rings. The van der Waals surface area contributed by atoms with Gasteiger partial charge in [-0.3, -0.25) is 4.99 Å². The highest BCUT2D eigenvalue weighted by atomic mass is 16.5. The van der Waals surface area contributed by atoms with Gasteiger partial charge in [0.05, 0.1) is 13.2 Å². The number of methoxy groups -OCH3 is 1. The van der Waals surface area contributed by atoms with Crippen molar-refractivity contribution in [3.05, 3.63) is 0 Å². The van der Waals surface area contributed by atoms with Crippen LogP contribution in [0.5, 0.6) is 0 Å². The van der Waals surface area contributed by atoms with Crippen LogP contribution in [0, 0.1) is 0 Å². The Bertz CT molecular complexity index is 199. The van der Waals surface area contributed by atoms with Crippen LogP contribution in [-0.2, 0) is 9.47 Å². The maximum absolute atomic E-state index is 5.38. The third-order valence-electron chi connectivity index (χ3n) is 2.32. The summed E-state index contributed by atoms with van der Waals surface area (Å²) >= 11 is 0. The Morgan fingerprint density at radius 2 is 1.89 bits per heavy atom. The van der Waals surface area contributed by atoms with Crippen molar-refractivity contribution < 1.29 is 9.47 Å². The van der Waals surface area contributed by atoms with Crippen LogP contribution in [0.25, 0.3) is 0 Å². The van der Waals surface area contributed by atoms with E-state index in [1.165, 1.54) is 12.8 Å². The van der Waals surface area contributed by atoms with Crippen molar-refractivity contribution in [2.75, 3.05) is 46.6 Å². The topological polar surface area (TPSA) is 54.9 Å². The van der Waals surface area contributed by atoms with Crippen molar-refractivity contribution in [2.24, 2.45) is 4.99 Å². The third kappa shape index (κ3) is 11.7. The number of hydrogen-bond donors (Lipinski definition) is 2. The summed E-state index contributed by atoms with van der Waals surface area (Å²) in [6, 6.07) is 0. The number of hydrogen-bond acceptors (Lipinski definition) is 3. The molecular formula is C13H29N3O2. The van der Waals surface area contributed by atoms with Crippen molar-refractivity contribution in [2.45, 2.75) is 33.1 Å². The first-order valence-corrected chi connectivity index (χ1v) is 6.94. The van der Waals surface area contributed by atoms with E-state index in [0.29, 0.717) is 13.2 Å². The lowest BCUT2D eigenvalue weighted by Crippen LogP contribution is -2.37. The molecule has 5 nitrogen and oxygen atoms in total. The molecule has 2 N–H and O–H groups in total. The number of aliphatic imine (C=N–C) groups is 1. The normalized spacial score (nSPS) is 11.6. The van der Waals surface area contributed by atoms with Gasteiger partial charge >= 0.3 is 0 Å². The van der Waals surface area contributed by atoms with E-state index in [1.54, 1.807) is 7.11 Å². The average Bonchev–Trinajstić information content (AvgIpc) is 2.38. The second-order valence-electron chi connectivity index (χ2n) is 4.00. The molecule has 0 aromatic carbocycles. The minimum Gasteiger partial charge on any atom is -0.382 e. The molecular weight excluding hydrogens is 230 g/mol.